The largest absolute Gasteiger partial charge is 0.508 e. The number of hydrogen-bond donors (Lipinski definition) is 1. The normalized spacial score (nSPS) is 10.5. The first-order valence-electron chi connectivity index (χ1n) is 6.66. The van der Waals surface area contributed by atoms with Gasteiger partial charge in [-0.3, -0.25) is 0 Å². The number of phenols is 1. The Morgan fingerprint density at radius 2 is 1.67 bits per heavy atom. The molecule has 21 heavy (non-hydrogen) atoms. The fourth-order valence-corrected chi connectivity index (χ4v) is 2.17. The van der Waals surface area contributed by atoms with Crippen molar-refractivity contribution in [1.29, 1.82) is 0 Å². The number of carbonyl (C=O) groups is 1. The maximum absolute atomic E-state index is 12.1. The van der Waals surface area contributed by atoms with E-state index in [0.29, 0.717) is 5.56 Å². The van der Waals surface area contributed by atoms with Gasteiger partial charge >= 0.3 is 5.97 Å². The zero-order chi connectivity index (χ0) is 14.7. The van der Waals surface area contributed by atoms with Crippen LogP contribution in [0.3, 0.4) is 0 Å². The Morgan fingerprint density at radius 1 is 0.905 bits per heavy atom. The first kappa shape index (κ1) is 13.2. The van der Waals surface area contributed by atoms with Crippen LogP contribution in [0, 0.1) is 0 Å². The molecule has 0 saturated carbocycles. The van der Waals surface area contributed by atoms with E-state index >= 15 is 0 Å². The second kappa shape index (κ2) is 5.67. The molecule has 0 amide bonds. The van der Waals surface area contributed by atoms with Gasteiger partial charge in [0.05, 0.1) is 5.56 Å². The number of esters is 1. The van der Waals surface area contributed by atoms with Gasteiger partial charge in [0, 0.05) is 0 Å². The molecular formula is C18H14O3. The van der Waals surface area contributed by atoms with Crippen LogP contribution in [0.5, 0.6) is 5.75 Å². The number of benzene rings is 3. The van der Waals surface area contributed by atoms with E-state index in [0.717, 1.165) is 16.3 Å². The molecule has 0 aliphatic carbocycles. The molecule has 1 N–H and O–H groups in total. The quantitative estimate of drug-likeness (QED) is 0.739. The SMILES string of the molecule is O=C(OCc1ccccc1)c1ccc2ccc(O)cc2c1. The number of carbonyl (C=O) groups excluding carboxylic acids is 1. The highest BCUT2D eigenvalue weighted by molar-refractivity contribution is 5.95. The maximum Gasteiger partial charge on any atom is 0.338 e. The molecule has 0 radical (unpaired) electrons. The molecule has 0 aliphatic rings. The van der Waals surface area contributed by atoms with Crippen LogP contribution < -0.4 is 0 Å². The van der Waals surface area contributed by atoms with E-state index in [2.05, 4.69) is 0 Å². The summed E-state index contributed by atoms with van der Waals surface area (Å²) in [5.41, 5.74) is 1.42. The minimum atomic E-state index is -0.371. The molecule has 0 bridgehead atoms. The summed E-state index contributed by atoms with van der Waals surface area (Å²) in [7, 11) is 0. The molecule has 3 nitrogen and oxygen atoms in total. The van der Waals surface area contributed by atoms with Gasteiger partial charge in [-0.15, -0.1) is 0 Å². The van der Waals surface area contributed by atoms with Crippen LogP contribution in [0.25, 0.3) is 10.8 Å². The highest BCUT2D eigenvalue weighted by Crippen LogP contribution is 2.21. The molecule has 3 heteroatoms. The van der Waals surface area contributed by atoms with Crippen molar-refractivity contribution in [2.24, 2.45) is 0 Å². The lowest BCUT2D eigenvalue weighted by Gasteiger charge is -2.06. The van der Waals surface area contributed by atoms with Crippen LogP contribution in [-0.4, -0.2) is 11.1 Å². The summed E-state index contributed by atoms with van der Waals surface area (Å²) in [6.45, 7) is 0.248. The molecule has 0 heterocycles. The summed E-state index contributed by atoms with van der Waals surface area (Å²) in [5.74, 6) is -0.193. The lowest BCUT2D eigenvalue weighted by Crippen LogP contribution is -2.05. The molecule has 3 aromatic carbocycles. The molecule has 0 spiro atoms. The first-order chi connectivity index (χ1) is 10.2. The van der Waals surface area contributed by atoms with Crippen molar-refractivity contribution in [2.45, 2.75) is 6.61 Å². The van der Waals surface area contributed by atoms with Crippen LogP contribution >= 0.6 is 0 Å². The zero-order valence-corrected chi connectivity index (χ0v) is 11.3. The summed E-state index contributed by atoms with van der Waals surface area (Å²) in [4.78, 5) is 12.1. The molecule has 0 saturated heterocycles. The van der Waals surface area contributed by atoms with Gasteiger partial charge in [0.15, 0.2) is 0 Å². The zero-order valence-electron chi connectivity index (χ0n) is 11.3. The fourth-order valence-electron chi connectivity index (χ4n) is 2.17. The van der Waals surface area contributed by atoms with E-state index in [4.69, 9.17) is 4.74 Å². The summed E-state index contributed by atoms with van der Waals surface area (Å²) < 4.78 is 5.29. The summed E-state index contributed by atoms with van der Waals surface area (Å²) in [6.07, 6.45) is 0. The van der Waals surface area contributed by atoms with Gasteiger partial charge in [0.1, 0.15) is 12.4 Å². The third kappa shape index (κ3) is 3.03. The van der Waals surface area contributed by atoms with E-state index in [1.807, 2.05) is 42.5 Å². The lowest BCUT2D eigenvalue weighted by molar-refractivity contribution is 0.0473. The number of ether oxygens (including phenoxy) is 1. The molecular weight excluding hydrogens is 264 g/mol. The van der Waals surface area contributed by atoms with Crippen molar-refractivity contribution < 1.29 is 14.6 Å². The van der Waals surface area contributed by atoms with E-state index in [-0.39, 0.29) is 18.3 Å². The highest BCUT2D eigenvalue weighted by Gasteiger charge is 2.08. The Kier molecular flexibility index (Phi) is 3.56. The van der Waals surface area contributed by atoms with Crippen LogP contribution in [0.1, 0.15) is 15.9 Å². The number of fused-ring (bicyclic) bond motifs is 1. The first-order valence-corrected chi connectivity index (χ1v) is 6.66. The van der Waals surface area contributed by atoms with Gasteiger partial charge in [-0.05, 0) is 40.6 Å². The minimum absolute atomic E-state index is 0.178. The Balaban J connectivity index is 1.78. The summed E-state index contributed by atoms with van der Waals surface area (Å²) in [6, 6.07) is 19.9. The average Bonchev–Trinajstić information content (AvgIpc) is 2.53. The van der Waals surface area contributed by atoms with Crippen molar-refractivity contribution in [1.82, 2.24) is 0 Å². The van der Waals surface area contributed by atoms with E-state index in [9.17, 15) is 9.90 Å². The van der Waals surface area contributed by atoms with Crippen molar-refractivity contribution in [3.63, 3.8) is 0 Å². The molecule has 0 fully saturated rings. The topological polar surface area (TPSA) is 46.5 Å². The average molecular weight is 278 g/mol. The van der Waals surface area contributed by atoms with Crippen molar-refractivity contribution in [3.8, 4) is 5.75 Å². The van der Waals surface area contributed by atoms with Crippen molar-refractivity contribution in [3.05, 3.63) is 77.9 Å². The highest BCUT2D eigenvalue weighted by atomic mass is 16.5. The Labute approximate surface area is 122 Å². The standard InChI is InChI=1S/C18H14O3/c19-17-9-8-14-6-7-15(10-16(14)11-17)18(20)21-12-13-4-2-1-3-5-13/h1-11,19H,12H2. The molecule has 3 aromatic rings. The van der Waals surface area contributed by atoms with Crippen molar-refractivity contribution >= 4 is 16.7 Å². The minimum Gasteiger partial charge on any atom is -0.508 e. The Morgan fingerprint density at radius 3 is 2.48 bits per heavy atom. The lowest BCUT2D eigenvalue weighted by atomic mass is 10.1. The van der Waals surface area contributed by atoms with Gasteiger partial charge in [-0.2, -0.15) is 0 Å². The molecule has 0 aromatic heterocycles. The van der Waals surface area contributed by atoms with E-state index in [1.165, 1.54) is 0 Å². The third-order valence-corrected chi connectivity index (χ3v) is 3.27. The van der Waals surface area contributed by atoms with Crippen LogP contribution in [0.4, 0.5) is 0 Å². The number of aromatic hydroxyl groups is 1. The second-order valence-electron chi connectivity index (χ2n) is 4.81. The van der Waals surface area contributed by atoms with Gasteiger partial charge < -0.3 is 9.84 Å². The Hall–Kier alpha value is -2.81. The number of hydrogen-bond acceptors (Lipinski definition) is 3. The predicted molar refractivity (Wildman–Crippen MR) is 81.2 cm³/mol. The van der Waals surface area contributed by atoms with Crippen molar-refractivity contribution in [2.75, 3.05) is 0 Å². The predicted octanol–water partition coefficient (Wildman–Crippen LogP) is 3.90. The van der Waals surface area contributed by atoms with Crippen LogP contribution in [0.2, 0.25) is 0 Å². The summed E-state index contributed by atoms with van der Waals surface area (Å²) >= 11 is 0. The molecule has 0 unspecified atom stereocenters. The Bertz CT molecular complexity index is 779. The fraction of sp³-hybridized carbons (Fsp3) is 0.0556. The molecule has 104 valence electrons. The van der Waals surface area contributed by atoms with Crippen LogP contribution in [0.15, 0.2) is 66.7 Å². The van der Waals surface area contributed by atoms with Gasteiger partial charge in [-0.1, -0.05) is 42.5 Å². The number of phenolic OH excluding ortho intramolecular Hbond substituents is 1. The third-order valence-electron chi connectivity index (χ3n) is 3.27. The summed E-state index contributed by atoms with van der Waals surface area (Å²) in [5, 5.41) is 11.3. The second-order valence-corrected chi connectivity index (χ2v) is 4.81. The molecule has 3 rings (SSSR count). The number of rotatable bonds is 3. The maximum atomic E-state index is 12.1. The van der Waals surface area contributed by atoms with Gasteiger partial charge in [0.2, 0.25) is 0 Å². The monoisotopic (exact) mass is 278 g/mol. The molecule has 0 aliphatic heterocycles. The van der Waals surface area contributed by atoms with E-state index in [1.54, 1.807) is 24.3 Å². The van der Waals surface area contributed by atoms with E-state index < -0.39 is 0 Å². The smallest absolute Gasteiger partial charge is 0.338 e. The van der Waals surface area contributed by atoms with Gasteiger partial charge in [0.25, 0.3) is 0 Å². The molecule has 0 atom stereocenters. The van der Waals surface area contributed by atoms with Crippen LogP contribution in [-0.2, 0) is 11.3 Å². The van der Waals surface area contributed by atoms with Gasteiger partial charge in [-0.25, -0.2) is 4.79 Å².